The molecule has 1 aromatic carbocycles. The number of carbonyl (C=O) groups is 2. The number of nitrogens with zero attached hydrogens (tertiary/aromatic N) is 1. The average molecular weight is 291 g/mol. The predicted molar refractivity (Wildman–Crippen MR) is 78.2 cm³/mol. The normalized spacial score (nSPS) is 14.2. The van der Waals surface area contributed by atoms with Gasteiger partial charge in [-0.05, 0) is 42.9 Å². The summed E-state index contributed by atoms with van der Waals surface area (Å²) >= 11 is 0. The molecule has 0 saturated heterocycles. The van der Waals surface area contributed by atoms with E-state index in [0.29, 0.717) is 32.5 Å². The average Bonchev–Trinajstić information content (AvgIpc) is 2.67. The molecule has 0 aromatic heterocycles. The molecular formula is C16H21NO4. The zero-order valence-corrected chi connectivity index (χ0v) is 12.3. The number of hydrogen-bond donors (Lipinski definition) is 1. The van der Waals surface area contributed by atoms with Crippen molar-refractivity contribution in [3.8, 4) is 0 Å². The van der Waals surface area contributed by atoms with Gasteiger partial charge in [0.15, 0.2) is 0 Å². The van der Waals surface area contributed by atoms with Crippen LogP contribution in [0.1, 0.15) is 36.5 Å². The van der Waals surface area contributed by atoms with Gasteiger partial charge in [0.25, 0.3) is 0 Å². The van der Waals surface area contributed by atoms with Crippen LogP contribution in [0, 0.1) is 0 Å². The molecule has 1 aromatic rings. The second kappa shape index (κ2) is 7.11. The number of benzene rings is 1. The van der Waals surface area contributed by atoms with E-state index in [0.717, 1.165) is 24.0 Å². The fraction of sp³-hybridized carbons (Fsp3) is 0.500. The molecule has 0 radical (unpaired) electrons. The minimum absolute atomic E-state index is 0.176. The summed E-state index contributed by atoms with van der Waals surface area (Å²) in [6.07, 6.45) is 1.89. The third-order valence-electron chi connectivity index (χ3n) is 3.70. The van der Waals surface area contributed by atoms with Crippen LogP contribution in [0.25, 0.3) is 0 Å². The lowest BCUT2D eigenvalue weighted by Crippen LogP contribution is -2.28. The second-order valence-corrected chi connectivity index (χ2v) is 5.22. The standard InChI is InChI=1S/C16H21NO4/c1-2-21-15(18)8-6-12-5-7-14-11-17(16(19)20)9-3-4-13(14)10-12/h5,7,10H,2-4,6,8-9,11H2,1H3,(H,19,20). The highest BCUT2D eigenvalue weighted by Crippen LogP contribution is 2.21. The molecule has 1 aliphatic rings. The zero-order chi connectivity index (χ0) is 15.2. The van der Waals surface area contributed by atoms with Gasteiger partial charge >= 0.3 is 12.1 Å². The van der Waals surface area contributed by atoms with Gasteiger partial charge in [-0.2, -0.15) is 0 Å². The largest absolute Gasteiger partial charge is 0.466 e. The van der Waals surface area contributed by atoms with E-state index in [2.05, 4.69) is 6.07 Å². The Morgan fingerprint density at radius 1 is 1.33 bits per heavy atom. The topological polar surface area (TPSA) is 66.8 Å². The maximum atomic E-state index is 11.4. The Hall–Kier alpha value is -2.04. The summed E-state index contributed by atoms with van der Waals surface area (Å²) in [4.78, 5) is 23.9. The molecule has 0 atom stereocenters. The van der Waals surface area contributed by atoms with E-state index >= 15 is 0 Å². The molecule has 5 nitrogen and oxygen atoms in total. The highest BCUT2D eigenvalue weighted by Gasteiger charge is 2.18. The minimum atomic E-state index is -0.866. The number of hydrogen-bond acceptors (Lipinski definition) is 3. The second-order valence-electron chi connectivity index (χ2n) is 5.22. The van der Waals surface area contributed by atoms with Crippen LogP contribution >= 0.6 is 0 Å². The molecule has 0 unspecified atom stereocenters. The van der Waals surface area contributed by atoms with Gasteiger partial charge in [0, 0.05) is 19.5 Å². The molecule has 1 amide bonds. The SMILES string of the molecule is CCOC(=O)CCc1ccc2c(c1)CCCN(C(=O)O)C2. The van der Waals surface area contributed by atoms with E-state index < -0.39 is 6.09 Å². The lowest BCUT2D eigenvalue weighted by Gasteiger charge is -2.16. The van der Waals surface area contributed by atoms with Gasteiger partial charge in [0.1, 0.15) is 0 Å². The van der Waals surface area contributed by atoms with Crippen LogP contribution in [0.3, 0.4) is 0 Å². The number of carboxylic acid groups (broad SMARTS) is 1. The monoisotopic (exact) mass is 291 g/mol. The first-order valence-corrected chi connectivity index (χ1v) is 7.34. The first kappa shape index (κ1) is 15.4. The molecule has 1 heterocycles. The Labute approximate surface area is 124 Å². The molecule has 0 spiro atoms. The van der Waals surface area contributed by atoms with Crippen LogP contribution in [0.2, 0.25) is 0 Å². The lowest BCUT2D eigenvalue weighted by molar-refractivity contribution is -0.143. The van der Waals surface area contributed by atoms with E-state index in [-0.39, 0.29) is 5.97 Å². The Balaban J connectivity index is 2.04. The van der Waals surface area contributed by atoms with E-state index in [1.807, 2.05) is 12.1 Å². The van der Waals surface area contributed by atoms with Crippen molar-refractivity contribution in [2.75, 3.05) is 13.2 Å². The van der Waals surface area contributed by atoms with Crippen molar-refractivity contribution in [2.45, 2.75) is 39.2 Å². The van der Waals surface area contributed by atoms with Crippen molar-refractivity contribution in [3.63, 3.8) is 0 Å². The van der Waals surface area contributed by atoms with Gasteiger partial charge in [0.2, 0.25) is 0 Å². The summed E-state index contributed by atoms with van der Waals surface area (Å²) in [7, 11) is 0. The molecule has 21 heavy (non-hydrogen) atoms. The third kappa shape index (κ3) is 4.21. The van der Waals surface area contributed by atoms with Crippen molar-refractivity contribution in [1.82, 2.24) is 4.90 Å². The summed E-state index contributed by atoms with van der Waals surface area (Å²) in [5, 5.41) is 9.11. The summed E-state index contributed by atoms with van der Waals surface area (Å²) in [5.41, 5.74) is 3.36. The van der Waals surface area contributed by atoms with Crippen LogP contribution in [0.5, 0.6) is 0 Å². The zero-order valence-electron chi connectivity index (χ0n) is 12.3. The molecule has 0 bridgehead atoms. The van der Waals surface area contributed by atoms with Gasteiger partial charge in [-0.15, -0.1) is 0 Å². The van der Waals surface area contributed by atoms with Gasteiger partial charge in [-0.1, -0.05) is 18.2 Å². The Morgan fingerprint density at radius 3 is 2.86 bits per heavy atom. The Kier molecular flexibility index (Phi) is 5.20. The molecule has 0 aliphatic carbocycles. The summed E-state index contributed by atoms with van der Waals surface area (Å²) in [5.74, 6) is -0.176. The molecule has 0 saturated carbocycles. The fourth-order valence-electron chi connectivity index (χ4n) is 2.61. The highest BCUT2D eigenvalue weighted by molar-refractivity contribution is 5.69. The summed E-state index contributed by atoms with van der Waals surface area (Å²) in [6, 6.07) is 6.06. The first-order valence-electron chi connectivity index (χ1n) is 7.34. The molecule has 0 fully saturated rings. The van der Waals surface area contributed by atoms with Crippen molar-refractivity contribution in [1.29, 1.82) is 0 Å². The molecule has 114 valence electrons. The predicted octanol–water partition coefficient (Wildman–Crippen LogP) is 2.61. The number of aryl methyl sites for hydroxylation is 2. The number of ether oxygens (including phenoxy) is 1. The Bertz CT molecular complexity index is 527. The number of fused-ring (bicyclic) bond motifs is 1. The maximum Gasteiger partial charge on any atom is 0.407 e. The van der Waals surface area contributed by atoms with E-state index in [4.69, 9.17) is 9.84 Å². The molecule has 1 aliphatic heterocycles. The third-order valence-corrected chi connectivity index (χ3v) is 3.70. The molecule has 2 rings (SSSR count). The van der Waals surface area contributed by atoms with E-state index in [9.17, 15) is 9.59 Å². The Morgan fingerprint density at radius 2 is 2.14 bits per heavy atom. The van der Waals surface area contributed by atoms with Crippen LogP contribution in [0.4, 0.5) is 4.79 Å². The quantitative estimate of drug-likeness (QED) is 0.866. The lowest BCUT2D eigenvalue weighted by atomic mass is 9.99. The summed E-state index contributed by atoms with van der Waals surface area (Å²) < 4.78 is 4.93. The fourth-order valence-corrected chi connectivity index (χ4v) is 2.61. The number of rotatable bonds is 4. The molecule has 5 heteroatoms. The van der Waals surface area contributed by atoms with Crippen molar-refractivity contribution in [3.05, 3.63) is 34.9 Å². The first-order chi connectivity index (χ1) is 10.1. The van der Waals surface area contributed by atoms with Crippen LogP contribution in [-0.4, -0.2) is 35.2 Å². The smallest absolute Gasteiger partial charge is 0.407 e. The van der Waals surface area contributed by atoms with E-state index in [1.165, 1.54) is 10.5 Å². The summed E-state index contributed by atoms with van der Waals surface area (Å²) in [6.45, 7) is 3.23. The molecular weight excluding hydrogens is 270 g/mol. The van der Waals surface area contributed by atoms with Gasteiger partial charge in [0.05, 0.1) is 6.61 Å². The van der Waals surface area contributed by atoms with Crippen molar-refractivity contribution >= 4 is 12.1 Å². The maximum absolute atomic E-state index is 11.4. The molecule has 1 N–H and O–H groups in total. The van der Waals surface area contributed by atoms with Gasteiger partial charge in [-0.3, -0.25) is 4.79 Å². The number of amides is 1. The van der Waals surface area contributed by atoms with Gasteiger partial charge < -0.3 is 14.7 Å². The number of esters is 1. The van der Waals surface area contributed by atoms with Crippen molar-refractivity contribution < 1.29 is 19.4 Å². The van der Waals surface area contributed by atoms with Crippen LogP contribution in [-0.2, 0) is 28.9 Å². The van der Waals surface area contributed by atoms with Gasteiger partial charge in [-0.25, -0.2) is 4.79 Å². The van der Waals surface area contributed by atoms with E-state index in [1.54, 1.807) is 6.92 Å². The minimum Gasteiger partial charge on any atom is -0.466 e. The van der Waals surface area contributed by atoms with Crippen molar-refractivity contribution in [2.24, 2.45) is 0 Å². The highest BCUT2D eigenvalue weighted by atomic mass is 16.5. The van der Waals surface area contributed by atoms with Crippen LogP contribution < -0.4 is 0 Å². The number of carbonyl (C=O) groups excluding carboxylic acids is 1. The van der Waals surface area contributed by atoms with Crippen LogP contribution in [0.15, 0.2) is 18.2 Å².